The average molecular weight is 422 g/mol. The van der Waals surface area contributed by atoms with Gasteiger partial charge >= 0.3 is 0 Å². The van der Waals surface area contributed by atoms with Crippen molar-refractivity contribution in [2.24, 2.45) is 0 Å². The summed E-state index contributed by atoms with van der Waals surface area (Å²) in [5, 5.41) is 12.9. The molecule has 8 heteroatoms. The molecule has 132 valence electrons. The summed E-state index contributed by atoms with van der Waals surface area (Å²) in [4.78, 5) is 1.06. The van der Waals surface area contributed by atoms with Gasteiger partial charge in [0.05, 0.1) is 17.7 Å². The fourth-order valence-corrected chi connectivity index (χ4v) is 4.89. The summed E-state index contributed by atoms with van der Waals surface area (Å²) in [5.41, 5.74) is 0.894. The second-order valence-corrected chi connectivity index (χ2v) is 8.14. The summed E-state index contributed by atoms with van der Waals surface area (Å²) in [6, 6.07) is 13.4. The smallest absolute Gasteiger partial charge is 0.192 e. The summed E-state index contributed by atoms with van der Waals surface area (Å²) in [6.45, 7) is 0.561. The van der Waals surface area contributed by atoms with Crippen LogP contribution in [-0.2, 0) is 12.3 Å². The molecule has 3 heterocycles. The first-order valence-electron chi connectivity index (χ1n) is 7.77. The van der Waals surface area contributed by atoms with E-state index in [0.717, 1.165) is 27.2 Å². The van der Waals surface area contributed by atoms with Gasteiger partial charge in [-0.1, -0.05) is 47.1 Å². The third-order valence-electron chi connectivity index (χ3n) is 3.76. The fraction of sp³-hybridized carbons (Fsp3) is 0.111. The summed E-state index contributed by atoms with van der Waals surface area (Å²) in [5.74, 6) is 2.28. The summed E-state index contributed by atoms with van der Waals surface area (Å²) in [6.07, 6.45) is 1.67. The maximum atomic E-state index is 6.28. The molecule has 3 aromatic heterocycles. The molecule has 0 bridgehead atoms. The first-order chi connectivity index (χ1) is 12.7. The van der Waals surface area contributed by atoms with Crippen molar-refractivity contribution >= 4 is 46.3 Å². The van der Waals surface area contributed by atoms with Crippen molar-refractivity contribution in [1.29, 1.82) is 0 Å². The lowest BCUT2D eigenvalue weighted by Crippen LogP contribution is -2.03. The van der Waals surface area contributed by atoms with Gasteiger partial charge in [-0.25, -0.2) is 0 Å². The van der Waals surface area contributed by atoms with Crippen LogP contribution in [0, 0.1) is 0 Å². The number of nitrogens with zero attached hydrogens (tertiary/aromatic N) is 3. The molecule has 4 rings (SSSR count). The number of hydrogen-bond acceptors (Lipinski definition) is 5. The van der Waals surface area contributed by atoms with E-state index < -0.39 is 0 Å². The van der Waals surface area contributed by atoms with Gasteiger partial charge in [0, 0.05) is 15.8 Å². The van der Waals surface area contributed by atoms with E-state index in [1.165, 1.54) is 0 Å². The van der Waals surface area contributed by atoms with E-state index in [4.69, 9.17) is 27.6 Å². The van der Waals surface area contributed by atoms with Crippen LogP contribution in [0.1, 0.15) is 11.3 Å². The maximum absolute atomic E-state index is 6.28. The zero-order chi connectivity index (χ0) is 17.9. The Morgan fingerprint density at radius 2 is 1.88 bits per heavy atom. The molecule has 0 N–H and O–H groups in total. The zero-order valence-electron chi connectivity index (χ0n) is 13.4. The number of hydrogen-bond donors (Lipinski definition) is 0. The summed E-state index contributed by atoms with van der Waals surface area (Å²) >= 11 is 15.7. The zero-order valence-corrected chi connectivity index (χ0v) is 16.6. The number of rotatable bonds is 6. The van der Waals surface area contributed by atoms with E-state index in [1.54, 1.807) is 29.4 Å². The Morgan fingerprint density at radius 3 is 2.58 bits per heavy atom. The van der Waals surface area contributed by atoms with E-state index in [-0.39, 0.29) is 0 Å². The van der Waals surface area contributed by atoms with Crippen molar-refractivity contribution in [3.63, 3.8) is 0 Å². The van der Waals surface area contributed by atoms with Crippen LogP contribution in [0.4, 0.5) is 0 Å². The molecule has 0 aliphatic heterocycles. The highest BCUT2D eigenvalue weighted by Crippen LogP contribution is 2.33. The lowest BCUT2D eigenvalue weighted by molar-refractivity contribution is 0.485. The minimum Gasteiger partial charge on any atom is -0.467 e. The van der Waals surface area contributed by atoms with Gasteiger partial charge in [0.2, 0.25) is 0 Å². The van der Waals surface area contributed by atoms with Gasteiger partial charge in [0.1, 0.15) is 5.76 Å². The van der Waals surface area contributed by atoms with Gasteiger partial charge in [0.15, 0.2) is 11.0 Å². The van der Waals surface area contributed by atoms with E-state index in [9.17, 15) is 0 Å². The molecular weight excluding hydrogens is 409 g/mol. The van der Waals surface area contributed by atoms with Gasteiger partial charge in [-0.05, 0) is 41.3 Å². The number of thiophene rings is 1. The first kappa shape index (κ1) is 17.7. The van der Waals surface area contributed by atoms with E-state index in [2.05, 4.69) is 14.8 Å². The van der Waals surface area contributed by atoms with Crippen LogP contribution in [0.15, 0.2) is 63.7 Å². The Bertz CT molecular complexity index is 978. The van der Waals surface area contributed by atoms with Gasteiger partial charge in [0.25, 0.3) is 0 Å². The fourth-order valence-electron chi connectivity index (χ4n) is 2.49. The predicted molar refractivity (Wildman–Crippen MR) is 107 cm³/mol. The second-order valence-electron chi connectivity index (χ2n) is 5.44. The van der Waals surface area contributed by atoms with Gasteiger partial charge in [-0.2, -0.15) is 0 Å². The van der Waals surface area contributed by atoms with Gasteiger partial charge in [-0.3, -0.25) is 4.57 Å². The Kier molecular flexibility index (Phi) is 5.36. The summed E-state index contributed by atoms with van der Waals surface area (Å²) in [7, 11) is 0. The van der Waals surface area contributed by atoms with Crippen LogP contribution < -0.4 is 0 Å². The quantitative estimate of drug-likeness (QED) is 0.345. The van der Waals surface area contributed by atoms with E-state index in [1.807, 2.05) is 47.8 Å². The molecule has 26 heavy (non-hydrogen) atoms. The highest BCUT2D eigenvalue weighted by Gasteiger charge is 2.17. The number of halogens is 2. The SMILES string of the molecule is Clc1cccc(Cl)c1CSc1nnc(-c2cccs2)n1Cc1ccco1. The van der Waals surface area contributed by atoms with Crippen LogP contribution >= 0.6 is 46.3 Å². The molecule has 0 atom stereocenters. The van der Waals surface area contributed by atoms with Gasteiger partial charge < -0.3 is 4.42 Å². The Labute approximate surface area is 168 Å². The molecule has 0 aliphatic carbocycles. The predicted octanol–water partition coefficient (Wildman–Crippen LogP) is 6.25. The molecule has 0 spiro atoms. The standard InChI is InChI=1S/C18H13Cl2N3OS2/c19-14-5-1-6-15(20)13(14)11-26-18-22-21-17(16-7-3-9-25-16)23(18)10-12-4-2-8-24-12/h1-9H,10-11H2. The number of aromatic nitrogens is 3. The van der Waals surface area contributed by atoms with E-state index in [0.29, 0.717) is 22.3 Å². The number of thioether (sulfide) groups is 1. The van der Waals surface area contributed by atoms with E-state index >= 15 is 0 Å². The Morgan fingerprint density at radius 1 is 1.04 bits per heavy atom. The molecular formula is C18H13Cl2N3OS2. The normalized spacial score (nSPS) is 11.2. The van der Waals surface area contributed by atoms with Crippen LogP contribution in [-0.4, -0.2) is 14.8 Å². The number of furan rings is 1. The summed E-state index contributed by atoms with van der Waals surface area (Å²) < 4.78 is 7.57. The minimum atomic E-state index is 0.561. The van der Waals surface area contributed by atoms with Gasteiger partial charge in [-0.15, -0.1) is 21.5 Å². The van der Waals surface area contributed by atoms with Crippen molar-refractivity contribution in [1.82, 2.24) is 14.8 Å². The monoisotopic (exact) mass is 421 g/mol. The Balaban J connectivity index is 1.65. The second kappa shape index (κ2) is 7.88. The molecule has 0 saturated carbocycles. The van der Waals surface area contributed by atoms with Crippen molar-refractivity contribution in [2.45, 2.75) is 17.5 Å². The van der Waals surface area contributed by atoms with Crippen LogP contribution in [0.25, 0.3) is 10.7 Å². The molecule has 0 aliphatic rings. The molecule has 0 amide bonds. The van der Waals surface area contributed by atoms with Crippen molar-refractivity contribution < 1.29 is 4.42 Å². The average Bonchev–Trinajstić information content (AvgIpc) is 3.37. The lowest BCUT2D eigenvalue weighted by Gasteiger charge is -2.09. The topological polar surface area (TPSA) is 43.9 Å². The van der Waals surface area contributed by atoms with Crippen LogP contribution in [0.2, 0.25) is 10.0 Å². The largest absolute Gasteiger partial charge is 0.467 e. The van der Waals surface area contributed by atoms with Crippen molar-refractivity contribution in [2.75, 3.05) is 0 Å². The molecule has 4 aromatic rings. The molecule has 4 nitrogen and oxygen atoms in total. The first-order valence-corrected chi connectivity index (χ1v) is 10.4. The molecule has 0 unspecified atom stereocenters. The molecule has 0 saturated heterocycles. The van der Waals surface area contributed by atoms with Crippen molar-refractivity contribution in [3.05, 3.63) is 75.5 Å². The Hall–Kier alpha value is -1.73. The molecule has 0 fully saturated rings. The van der Waals surface area contributed by atoms with Crippen molar-refractivity contribution in [3.8, 4) is 10.7 Å². The van der Waals surface area contributed by atoms with Crippen LogP contribution in [0.3, 0.4) is 0 Å². The third-order valence-corrected chi connectivity index (χ3v) is 6.33. The highest BCUT2D eigenvalue weighted by molar-refractivity contribution is 7.98. The molecule has 1 aromatic carbocycles. The van der Waals surface area contributed by atoms with Crippen LogP contribution in [0.5, 0.6) is 0 Å². The maximum Gasteiger partial charge on any atom is 0.192 e. The number of benzene rings is 1. The minimum absolute atomic E-state index is 0.561. The molecule has 0 radical (unpaired) electrons. The highest BCUT2D eigenvalue weighted by atomic mass is 35.5. The third kappa shape index (κ3) is 3.69. The lowest BCUT2D eigenvalue weighted by atomic mass is 10.2.